The average Bonchev–Trinajstić information content (AvgIpc) is 2.25. The minimum absolute atomic E-state index is 0.193. The fraction of sp³-hybridized carbons (Fsp3) is 0.462. The lowest BCUT2D eigenvalue weighted by atomic mass is 10.0. The summed E-state index contributed by atoms with van der Waals surface area (Å²) >= 11 is 0. The number of β-amino-alcohol motifs (C(OH)–C–C–N with tert-alkyl or cyclic N) is 1. The second-order valence-corrected chi connectivity index (χ2v) is 4.28. The molecule has 1 aliphatic heterocycles. The van der Waals surface area contributed by atoms with Crippen molar-refractivity contribution in [1.82, 2.24) is 0 Å². The van der Waals surface area contributed by atoms with Crippen molar-refractivity contribution in [2.24, 2.45) is 0 Å². The monoisotopic (exact) mass is 219 g/mol. The zero-order valence-electron chi connectivity index (χ0n) is 9.52. The minimum Gasteiger partial charge on any atom is -0.389 e. The van der Waals surface area contributed by atoms with Gasteiger partial charge >= 0.3 is 0 Å². The molecule has 1 heterocycles. The smallest absolute Gasteiger partial charge is 0.162 e. The van der Waals surface area contributed by atoms with Crippen LogP contribution in [0.5, 0.6) is 0 Å². The van der Waals surface area contributed by atoms with Crippen molar-refractivity contribution < 1.29 is 9.90 Å². The summed E-state index contributed by atoms with van der Waals surface area (Å²) in [5.41, 5.74) is 1.87. The van der Waals surface area contributed by atoms with E-state index in [-0.39, 0.29) is 11.9 Å². The van der Waals surface area contributed by atoms with E-state index in [2.05, 4.69) is 4.90 Å². The lowest BCUT2D eigenvalue weighted by molar-refractivity contribution is 0.0981. The van der Waals surface area contributed by atoms with Crippen LogP contribution in [0.2, 0.25) is 0 Å². The molecule has 1 aliphatic rings. The summed E-state index contributed by atoms with van der Waals surface area (Å²) in [6.45, 7) is 3.40. The molecule has 86 valence electrons. The molecule has 1 aromatic carbocycles. The van der Waals surface area contributed by atoms with E-state index in [0.717, 1.165) is 17.7 Å². The Hall–Kier alpha value is -1.35. The molecule has 1 saturated heterocycles. The Kier molecular flexibility index (Phi) is 3.25. The van der Waals surface area contributed by atoms with Gasteiger partial charge in [-0.25, -0.2) is 0 Å². The van der Waals surface area contributed by atoms with Gasteiger partial charge in [0.05, 0.1) is 6.10 Å². The van der Waals surface area contributed by atoms with Crippen LogP contribution >= 0.6 is 0 Å². The molecule has 0 radical (unpaired) electrons. The highest BCUT2D eigenvalue weighted by atomic mass is 16.3. The molecule has 0 aliphatic carbocycles. The second kappa shape index (κ2) is 4.66. The van der Waals surface area contributed by atoms with Crippen LogP contribution in [0.15, 0.2) is 24.3 Å². The van der Waals surface area contributed by atoms with Crippen molar-refractivity contribution in [3.8, 4) is 0 Å². The van der Waals surface area contributed by atoms with Crippen molar-refractivity contribution in [3.63, 3.8) is 0 Å². The van der Waals surface area contributed by atoms with Gasteiger partial charge < -0.3 is 10.0 Å². The van der Waals surface area contributed by atoms with E-state index >= 15 is 0 Å². The maximum atomic E-state index is 11.6. The number of nitrogens with zero attached hydrogens (tertiary/aromatic N) is 1. The molecule has 2 rings (SSSR count). The average molecular weight is 219 g/mol. The lowest BCUT2D eigenvalue weighted by Crippen LogP contribution is -2.50. The first-order valence-corrected chi connectivity index (χ1v) is 5.77. The first kappa shape index (κ1) is 11.1. The van der Waals surface area contributed by atoms with E-state index in [1.54, 1.807) is 0 Å². The number of Topliss-reactive ketones (excluding diaryl/α,β-unsaturated/α-hetero) is 1. The topological polar surface area (TPSA) is 40.5 Å². The van der Waals surface area contributed by atoms with E-state index < -0.39 is 0 Å². The van der Waals surface area contributed by atoms with Crippen molar-refractivity contribution in [3.05, 3.63) is 29.8 Å². The number of aliphatic hydroxyl groups is 1. The number of aliphatic hydroxyl groups excluding tert-OH is 1. The predicted molar refractivity (Wildman–Crippen MR) is 63.9 cm³/mol. The third-order valence-electron chi connectivity index (χ3n) is 2.89. The van der Waals surface area contributed by atoms with Crippen LogP contribution in [-0.4, -0.2) is 30.1 Å². The number of hydrogen-bond acceptors (Lipinski definition) is 3. The standard InChI is InChI=1S/C13H17NO2/c1-2-3-13(16)10-4-6-11(7-5-10)14-8-12(15)9-14/h4-7,12,15H,2-3,8-9H2,1H3. The quantitative estimate of drug-likeness (QED) is 0.786. The Morgan fingerprint density at radius 3 is 2.50 bits per heavy atom. The molecule has 16 heavy (non-hydrogen) atoms. The summed E-state index contributed by atoms with van der Waals surface area (Å²) < 4.78 is 0. The van der Waals surface area contributed by atoms with Crippen molar-refractivity contribution in [2.75, 3.05) is 18.0 Å². The van der Waals surface area contributed by atoms with Gasteiger partial charge in [0.25, 0.3) is 0 Å². The summed E-state index contributed by atoms with van der Waals surface area (Å²) in [4.78, 5) is 13.7. The minimum atomic E-state index is -0.193. The Balaban J connectivity index is 2.02. The van der Waals surface area contributed by atoms with Crippen molar-refractivity contribution in [1.29, 1.82) is 0 Å². The van der Waals surface area contributed by atoms with Crippen LogP contribution in [0, 0.1) is 0 Å². The van der Waals surface area contributed by atoms with Crippen LogP contribution in [0.3, 0.4) is 0 Å². The number of carbonyl (C=O) groups is 1. The van der Waals surface area contributed by atoms with E-state index in [1.807, 2.05) is 31.2 Å². The highest BCUT2D eigenvalue weighted by Gasteiger charge is 2.24. The van der Waals surface area contributed by atoms with Crippen LogP contribution in [0.25, 0.3) is 0 Å². The molecule has 1 N–H and O–H groups in total. The fourth-order valence-corrected chi connectivity index (χ4v) is 1.90. The molecule has 0 bridgehead atoms. The molecule has 0 spiro atoms. The highest BCUT2D eigenvalue weighted by Crippen LogP contribution is 2.21. The Morgan fingerprint density at radius 2 is 2.00 bits per heavy atom. The molecule has 0 aromatic heterocycles. The number of carbonyl (C=O) groups excluding carboxylic acids is 1. The van der Waals surface area contributed by atoms with Crippen molar-refractivity contribution in [2.45, 2.75) is 25.9 Å². The molecule has 0 amide bonds. The Labute approximate surface area is 95.7 Å². The van der Waals surface area contributed by atoms with Gasteiger partial charge in [0.2, 0.25) is 0 Å². The van der Waals surface area contributed by atoms with Crippen molar-refractivity contribution >= 4 is 11.5 Å². The Morgan fingerprint density at radius 1 is 1.38 bits per heavy atom. The second-order valence-electron chi connectivity index (χ2n) is 4.28. The maximum Gasteiger partial charge on any atom is 0.162 e. The molecule has 3 heteroatoms. The predicted octanol–water partition coefficient (Wildman–Crippen LogP) is 1.85. The fourth-order valence-electron chi connectivity index (χ4n) is 1.90. The normalized spacial score (nSPS) is 16.0. The molecule has 0 atom stereocenters. The third-order valence-corrected chi connectivity index (χ3v) is 2.89. The van der Waals surface area contributed by atoms with Crippen LogP contribution < -0.4 is 4.90 Å². The number of ketones is 1. The van der Waals surface area contributed by atoms with E-state index in [9.17, 15) is 9.90 Å². The van der Waals surface area contributed by atoms with Crippen LogP contribution in [0.1, 0.15) is 30.1 Å². The van der Waals surface area contributed by atoms with Gasteiger partial charge in [-0.2, -0.15) is 0 Å². The van der Waals surface area contributed by atoms with Gasteiger partial charge in [-0.05, 0) is 30.7 Å². The molecule has 1 aromatic rings. The molecule has 1 fully saturated rings. The first-order chi connectivity index (χ1) is 7.70. The number of rotatable bonds is 4. The largest absolute Gasteiger partial charge is 0.389 e. The van der Waals surface area contributed by atoms with Gasteiger partial charge in [-0.15, -0.1) is 0 Å². The van der Waals surface area contributed by atoms with E-state index in [1.165, 1.54) is 0 Å². The van der Waals surface area contributed by atoms with Gasteiger partial charge in [0.1, 0.15) is 0 Å². The zero-order chi connectivity index (χ0) is 11.5. The molecule has 3 nitrogen and oxygen atoms in total. The summed E-state index contributed by atoms with van der Waals surface area (Å²) in [5.74, 6) is 0.206. The number of anilines is 1. The zero-order valence-corrected chi connectivity index (χ0v) is 9.52. The summed E-state index contributed by atoms with van der Waals surface area (Å²) in [6, 6.07) is 7.65. The third kappa shape index (κ3) is 2.25. The molecular formula is C13H17NO2. The first-order valence-electron chi connectivity index (χ1n) is 5.77. The summed E-state index contributed by atoms with van der Waals surface area (Å²) in [6.07, 6.45) is 1.31. The van der Waals surface area contributed by atoms with Gasteiger partial charge in [-0.1, -0.05) is 6.92 Å². The van der Waals surface area contributed by atoms with E-state index in [0.29, 0.717) is 19.5 Å². The van der Waals surface area contributed by atoms with Gasteiger partial charge in [-0.3, -0.25) is 4.79 Å². The SMILES string of the molecule is CCCC(=O)c1ccc(N2CC(O)C2)cc1. The molecule has 0 saturated carbocycles. The van der Waals surface area contributed by atoms with E-state index in [4.69, 9.17) is 0 Å². The Bertz CT molecular complexity index is 366. The molecular weight excluding hydrogens is 202 g/mol. The number of benzene rings is 1. The van der Waals surface area contributed by atoms with Crippen LogP contribution in [-0.2, 0) is 0 Å². The number of hydrogen-bond donors (Lipinski definition) is 1. The van der Waals surface area contributed by atoms with Gasteiger partial charge in [0, 0.05) is 30.8 Å². The maximum absolute atomic E-state index is 11.6. The van der Waals surface area contributed by atoms with Gasteiger partial charge in [0.15, 0.2) is 5.78 Å². The molecule has 0 unspecified atom stereocenters. The lowest BCUT2D eigenvalue weighted by Gasteiger charge is -2.37. The van der Waals surface area contributed by atoms with Crippen LogP contribution in [0.4, 0.5) is 5.69 Å². The summed E-state index contributed by atoms with van der Waals surface area (Å²) in [7, 11) is 0. The summed E-state index contributed by atoms with van der Waals surface area (Å²) in [5, 5.41) is 9.20. The highest BCUT2D eigenvalue weighted by molar-refractivity contribution is 5.96.